The van der Waals surface area contributed by atoms with E-state index in [1.807, 2.05) is 0 Å². The number of rotatable bonds is 2. The van der Waals surface area contributed by atoms with Gasteiger partial charge in [-0.05, 0) is 105 Å². The van der Waals surface area contributed by atoms with Crippen LogP contribution in [0.1, 0.15) is 64.7 Å². The highest BCUT2D eigenvalue weighted by Gasteiger charge is 2.78. The topological polar surface area (TPSA) is 26.3 Å². The average molecular weight is 379 g/mol. The molecule has 0 radical (unpaired) electrons. The predicted molar refractivity (Wildman–Crippen MR) is 108 cm³/mol. The molecule has 0 aromatic rings. The zero-order chi connectivity index (χ0) is 18.7. The summed E-state index contributed by atoms with van der Waals surface area (Å²) in [7, 11) is 0. The van der Waals surface area contributed by atoms with E-state index in [0.717, 1.165) is 66.8 Å². The van der Waals surface area contributed by atoms with Gasteiger partial charge in [0.25, 0.3) is 0 Å². The number of ether oxygens (including phenoxy) is 1. The number of hydrogen-bond acceptors (Lipinski definition) is 2. The van der Waals surface area contributed by atoms with Crippen LogP contribution in [0.2, 0.25) is 0 Å². The van der Waals surface area contributed by atoms with Gasteiger partial charge in [0.15, 0.2) is 5.78 Å². The van der Waals surface area contributed by atoms with E-state index in [0.29, 0.717) is 11.2 Å². The second kappa shape index (κ2) is 5.42. The maximum absolute atomic E-state index is 12.2. The largest absolute Gasteiger partial charge is 0.366 e. The van der Waals surface area contributed by atoms with Gasteiger partial charge < -0.3 is 4.74 Å². The van der Waals surface area contributed by atoms with E-state index in [2.05, 4.69) is 25.2 Å². The molecule has 28 heavy (non-hydrogen) atoms. The molecule has 9 atom stereocenters. The van der Waals surface area contributed by atoms with Gasteiger partial charge in [-0.1, -0.05) is 24.6 Å². The molecule has 3 unspecified atom stereocenters. The summed E-state index contributed by atoms with van der Waals surface area (Å²) in [6.45, 7) is 3.31. The third kappa shape index (κ3) is 1.88. The average Bonchev–Trinajstić information content (AvgIpc) is 3.64. The van der Waals surface area contributed by atoms with Crippen LogP contribution in [0.4, 0.5) is 0 Å². The number of fused-ring (bicyclic) bond motifs is 9. The van der Waals surface area contributed by atoms with Crippen LogP contribution in [-0.4, -0.2) is 18.0 Å². The molecule has 7 rings (SSSR count). The second-order valence-electron chi connectivity index (χ2n) is 11.4. The smallest absolute Gasteiger partial charge is 0.155 e. The van der Waals surface area contributed by atoms with Gasteiger partial charge in [-0.3, -0.25) is 4.79 Å². The minimum atomic E-state index is 0.0782. The van der Waals surface area contributed by atoms with Gasteiger partial charge in [-0.15, -0.1) is 0 Å². The Morgan fingerprint density at radius 3 is 2.79 bits per heavy atom. The van der Waals surface area contributed by atoms with Crippen molar-refractivity contribution in [3.05, 3.63) is 23.8 Å². The lowest BCUT2D eigenvalue weighted by atomic mass is 9.45. The summed E-state index contributed by atoms with van der Waals surface area (Å²) >= 11 is 0. The van der Waals surface area contributed by atoms with Gasteiger partial charge >= 0.3 is 0 Å². The molecule has 0 saturated heterocycles. The van der Waals surface area contributed by atoms with Crippen molar-refractivity contribution in [3.63, 3.8) is 0 Å². The highest BCUT2D eigenvalue weighted by atomic mass is 16.5. The van der Waals surface area contributed by atoms with E-state index in [1.54, 1.807) is 5.57 Å². The van der Waals surface area contributed by atoms with Crippen molar-refractivity contribution in [3.8, 4) is 0 Å². The number of hydrogen-bond donors (Lipinski definition) is 0. The number of ketones is 1. The van der Waals surface area contributed by atoms with E-state index < -0.39 is 0 Å². The molecule has 1 spiro atoms. The zero-order valence-electron chi connectivity index (χ0n) is 17.2. The normalized spacial score (nSPS) is 56.1. The van der Waals surface area contributed by atoms with Crippen molar-refractivity contribution in [1.29, 1.82) is 0 Å². The fraction of sp³-hybridized carbons (Fsp3) is 0.808. The first kappa shape index (κ1) is 16.9. The van der Waals surface area contributed by atoms with Gasteiger partial charge in [-0.2, -0.15) is 0 Å². The van der Waals surface area contributed by atoms with Crippen molar-refractivity contribution in [1.82, 2.24) is 0 Å². The van der Waals surface area contributed by atoms with Crippen molar-refractivity contribution >= 4 is 5.78 Å². The van der Waals surface area contributed by atoms with Crippen LogP contribution < -0.4 is 0 Å². The summed E-state index contributed by atoms with van der Waals surface area (Å²) in [5.74, 6) is 7.31. The molecule has 2 heteroatoms. The van der Waals surface area contributed by atoms with Crippen LogP contribution in [0.25, 0.3) is 0 Å². The van der Waals surface area contributed by atoms with Gasteiger partial charge in [0.2, 0.25) is 0 Å². The van der Waals surface area contributed by atoms with Gasteiger partial charge in [0, 0.05) is 11.8 Å². The molecular weight excluding hydrogens is 344 g/mol. The van der Waals surface area contributed by atoms with Crippen LogP contribution in [0.5, 0.6) is 0 Å². The highest BCUT2D eigenvalue weighted by molar-refractivity contribution is 5.91. The Kier molecular flexibility index (Phi) is 3.26. The first-order valence-electron chi connectivity index (χ1n) is 12.2. The molecule has 5 saturated carbocycles. The Hall–Kier alpha value is -0.890. The standard InChI is InChI=1S/C26H34O2/c1-2-25-10-8-19-18-7-6-17(27)12-16(18)13-20(15-4-5-15)23(19)24(25)21-14-22(21)26(25)9-3-11-28-26/h3,9,12,15,18-24H,2,4-8,10-11,13-14H2,1H3/t18-,19?,20+,21+,22-,23?,24?,25-,26-/m0/s1. The molecule has 7 aliphatic rings. The highest BCUT2D eigenvalue weighted by Crippen LogP contribution is 2.79. The molecule has 0 amide bonds. The van der Waals surface area contributed by atoms with Gasteiger partial charge in [0.05, 0.1) is 12.2 Å². The van der Waals surface area contributed by atoms with E-state index in [4.69, 9.17) is 4.74 Å². The van der Waals surface area contributed by atoms with Crippen molar-refractivity contribution < 1.29 is 9.53 Å². The van der Waals surface area contributed by atoms with E-state index in [9.17, 15) is 4.79 Å². The first-order chi connectivity index (χ1) is 13.7. The summed E-state index contributed by atoms with van der Waals surface area (Å²) in [6.07, 6.45) is 18.5. The Bertz CT molecular complexity index is 790. The van der Waals surface area contributed by atoms with E-state index in [1.165, 1.54) is 44.9 Å². The molecule has 150 valence electrons. The first-order valence-corrected chi connectivity index (χ1v) is 12.2. The van der Waals surface area contributed by atoms with Crippen LogP contribution in [0.15, 0.2) is 23.8 Å². The van der Waals surface area contributed by atoms with Crippen LogP contribution in [-0.2, 0) is 9.53 Å². The fourth-order valence-electron chi connectivity index (χ4n) is 9.76. The Morgan fingerprint density at radius 2 is 2.04 bits per heavy atom. The minimum Gasteiger partial charge on any atom is -0.366 e. The number of carbonyl (C=O) groups is 1. The maximum atomic E-state index is 12.2. The lowest BCUT2D eigenvalue weighted by Gasteiger charge is -2.60. The Balaban J connectivity index is 1.34. The molecule has 5 fully saturated rings. The molecule has 0 bridgehead atoms. The molecular formula is C26H34O2. The lowest BCUT2D eigenvalue weighted by molar-refractivity contribution is -0.153. The van der Waals surface area contributed by atoms with Crippen molar-refractivity contribution in [2.75, 3.05) is 6.61 Å². The van der Waals surface area contributed by atoms with E-state index in [-0.39, 0.29) is 5.60 Å². The third-order valence-corrected chi connectivity index (χ3v) is 10.8. The molecule has 0 N–H and O–H groups in total. The molecule has 2 nitrogen and oxygen atoms in total. The predicted octanol–water partition coefficient (Wildman–Crippen LogP) is 5.34. The fourth-order valence-corrected chi connectivity index (χ4v) is 9.76. The number of allylic oxidation sites excluding steroid dienone is 1. The summed E-state index contributed by atoms with van der Waals surface area (Å²) in [4.78, 5) is 12.2. The second-order valence-corrected chi connectivity index (χ2v) is 11.4. The molecule has 6 aliphatic carbocycles. The maximum Gasteiger partial charge on any atom is 0.155 e. The number of carbonyl (C=O) groups excluding carboxylic acids is 1. The summed E-state index contributed by atoms with van der Waals surface area (Å²) in [6, 6.07) is 0. The zero-order valence-corrected chi connectivity index (χ0v) is 17.2. The lowest BCUT2D eigenvalue weighted by Crippen LogP contribution is -2.57. The molecule has 0 aromatic heterocycles. The van der Waals surface area contributed by atoms with Crippen LogP contribution in [0.3, 0.4) is 0 Å². The molecule has 1 aliphatic heterocycles. The van der Waals surface area contributed by atoms with Gasteiger partial charge in [-0.25, -0.2) is 0 Å². The Labute approximate surface area is 169 Å². The Morgan fingerprint density at radius 1 is 1.14 bits per heavy atom. The van der Waals surface area contributed by atoms with E-state index >= 15 is 0 Å². The van der Waals surface area contributed by atoms with Crippen LogP contribution >= 0.6 is 0 Å². The molecule has 0 aromatic carbocycles. The minimum absolute atomic E-state index is 0.0782. The summed E-state index contributed by atoms with van der Waals surface area (Å²) in [5.41, 5.74) is 2.04. The van der Waals surface area contributed by atoms with Crippen molar-refractivity contribution in [2.45, 2.75) is 70.3 Å². The quantitative estimate of drug-likeness (QED) is 0.607. The van der Waals surface area contributed by atoms with Crippen molar-refractivity contribution in [2.24, 2.45) is 52.8 Å². The van der Waals surface area contributed by atoms with Gasteiger partial charge in [0.1, 0.15) is 0 Å². The SMILES string of the molecule is CC[C@]12CCC3C(C1[C@@H]1C[C@@H]1[C@@]21C=CCO1)[C@@H](C1CC1)CC1=CC(=O)CC[C@@H]13. The monoisotopic (exact) mass is 378 g/mol. The van der Waals surface area contributed by atoms with Crippen LogP contribution in [0, 0.1) is 52.8 Å². The summed E-state index contributed by atoms with van der Waals surface area (Å²) < 4.78 is 6.66. The molecule has 1 heterocycles. The third-order valence-electron chi connectivity index (χ3n) is 10.8. The summed E-state index contributed by atoms with van der Waals surface area (Å²) in [5, 5.41) is 0.